The minimum Gasteiger partial charge on any atom is -0.274 e. The number of hydrogen-bond donors (Lipinski definition) is 0. The lowest BCUT2D eigenvalue weighted by molar-refractivity contribution is -0.0753. The molecule has 0 aliphatic heterocycles. The third-order valence-corrected chi connectivity index (χ3v) is 3.30. The summed E-state index contributed by atoms with van der Waals surface area (Å²) in [6.45, 7) is 0. The van der Waals surface area contributed by atoms with Gasteiger partial charge in [0, 0.05) is 11.7 Å². The Morgan fingerprint density at radius 1 is 1.40 bits per heavy atom. The van der Waals surface area contributed by atoms with E-state index in [1.807, 2.05) is 30.3 Å². The molecule has 0 radical (unpaired) electrons. The van der Waals surface area contributed by atoms with Gasteiger partial charge in [-0.15, -0.1) is 11.3 Å². The average molecular weight is 221 g/mol. The number of benzene rings is 1. The van der Waals surface area contributed by atoms with Crippen LogP contribution in [0.4, 0.5) is 0 Å². The molecule has 3 nitrogen and oxygen atoms in total. The van der Waals surface area contributed by atoms with Crippen LogP contribution in [0.5, 0.6) is 0 Å². The van der Waals surface area contributed by atoms with Gasteiger partial charge in [-0.2, -0.15) is 0 Å². The number of hydrogen-bond acceptors (Lipinski definition) is 3. The smallest absolute Gasteiger partial charge is 0.274 e. The van der Waals surface area contributed by atoms with Crippen LogP contribution in [-0.2, 0) is 4.84 Å². The van der Waals surface area contributed by atoms with Crippen LogP contribution in [0.1, 0.15) is 9.67 Å². The van der Waals surface area contributed by atoms with Gasteiger partial charge in [0.15, 0.2) is 0 Å². The minimum absolute atomic E-state index is 0.112. The number of hydroxylamine groups is 2. The summed E-state index contributed by atoms with van der Waals surface area (Å²) in [4.78, 5) is 17.3. The van der Waals surface area contributed by atoms with Crippen LogP contribution in [-0.4, -0.2) is 25.1 Å². The van der Waals surface area contributed by atoms with Crippen molar-refractivity contribution in [1.29, 1.82) is 0 Å². The maximum Gasteiger partial charge on any atom is 0.287 e. The highest BCUT2D eigenvalue weighted by Crippen LogP contribution is 2.25. The fourth-order valence-corrected chi connectivity index (χ4v) is 2.36. The van der Waals surface area contributed by atoms with Crippen LogP contribution >= 0.6 is 11.3 Å². The molecule has 1 aromatic carbocycles. The third-order valence-electron chi connectivity index (χ3n) is 2.20. The SMILES string of the molecule is CON(C)C(=O)c1cc2ccccc2s1. The zero-order chi connectivity index (χ0) is 10.8. The first-order valence-electron chi connectivity index (χ1n) is 4.53. The average Bonchev–Trinajstić information content (AvgIpc) is 2.70. The van der Waals surface area contributed by atoms with E-state index in [1.165, 1.54) is 23.5 Å². The van der Waals surface area contributed by atoms with E-state index in [-0.39, 0.29) is 5.91 Å². The predicted molar refractivity (Wildman–Crippen MR) is 60.9 cm³/mol. The van der Waals surface area contributed by atoms with Crippen molar-refractivity contribution in [1.82, 2.24) is 5.06 Å². The number of fused-ring (bicyclic) bond motifs is 1. The normalized spacial score (nSPS) is 10.5. The molecule has 0 aliphatic rings. The van der Waals surface area contributed by atoms with E-state index < -0.39 is 0 Å². The number of carbonyl (C=O) groups excluding carboxylic acids is 1. The quantitative estimate of drug-likeness (QED) is 0.729. The van der Waals surface area contributed by atoms with E-state index in [9.17, 15) is 4.79 Å². The van der Waals surface area contributed by atoms with Crippen LogP contribution in [0.25, 0.3) is 10.1 Å². The molecule has 0 aliphatic carbocycles. The molecular weight excluding hydrogens is 210 g/mol. The highest BCUT2D eigenvalue weighted by molar-refractivity contribution is 7.20. The van der Waals surface area contributed by atoms with Gasteiger partial charge in [0.05, 0.1) is 12.0 Å². The molecule has 0 spiro atoms. The summed E-state index contributed by atoms with van der Waals surface area (Å²) >= 11 is 1.48. The van der Waals surface area contributed by atoms with Gasteiger partial charge >= 0.3 is 0 Å². The number of amides is 1. The lowest BCUT2D eigenvalue weighted by Crippen LogP contribution is -2.24. The summed E-state index contributed by atoms with van der Waals surface area (Å²) in [7, 11) is 3.08. The molecule has 78 valence electrons. The van der Waals surface area contributed by atoms with Crippen molar-refractivity contribution >= 4 is 27.3 Å². The van der Waals surface area contributed by atoms with Gasteiger partial charge in [0.1, 0.15) is 0 Å². The van der Waals surface area contributed by atoms with E-state index in [4.69, 9.17) is 4.84 Å². The predicted octanol–water partition coefficient (Wildman–Crippen LogP) is 2.53. The van der Waals surface area contributed by atoms with Gasteiger partial charge in [-0.3, -0.25) is 9.63 Å². The first kappa shape index (κ1) is 10.1. The van der Waals surface area contributed by atoms with Gasteiger partial charge in [-0.1, -0.05) is 18.2 Å². The van der Waals surface area contributed by atoms with E-state index in [2.05, 4.69) is 0 Å². The molecule has 4 heteroatoms. The lowest BCUT2D eigenvalue weighted by Gasteiger charge is -2.11. The Hall–Kier alpha value is -1.39. The molecule has 0 atom stereocenters. The Balaban J connectivity index is 2.41. The van der Waals surface area contributed by atoms with Crippen molar-refractivity contribution in [2.75, 3.05) is 14.2 Å². The van der Waals surface area contributed by atoms with Crippen molar-refractivity contribution in [3.63, 3.8) is 0 Å². The second-order valence-corrected chi connectivity index (χ2v) is 4.22. The number of thiophene rings is 1. The van der Waals surface area contributed by atoms with Crippen molar-refractivity contribution in [2.45, 2.75) is 0 Å². The molecule has 1 amide bonds. The Kier molecular flexibility index (Phi) is 2.70. The maximum atomic E-state index is 11.8. The second-order valence-electron chi connectivity index (χ2n) is 3.13. The summed E-state index contributed by atoms with van der Waals surface area (Å²) < 4.78 is 1.12. The molecule has 1 heterocycles. The Labute approximate surface area is 91.8 Å². The van der Waals surface area contributed by atoms with E-state index in [0.29, 0.717) is 4.88 Å². The molecule has 0 fully saturated rings. The summed E-state index contributed by atoms with van der Waals surface area (Å²) in [5.74, 6) is -0.112. The maximum absolute atomic E-state index is 11.8. The number of carbonyl (C=O) groups is 1. The third kappa shape index (κ3) is 1.86. The van der Waals surface area contributed by atoms with Crippen molar-refractivity contribution < 1.29 is 9.63 Å². The largest absolute Gasteiger partial charge is 0.287 e. The van der Waals surface area contributed by atoms with Gasteiger partial charge in [0.25, 0.3) is 5.91 Å². The van der Waals surface area contributed by atoms with E-state index in [0.717, 1.165) is 10.1 Å². The Morgan fingerprint density at radius 2 is 2.13 bits per heavy atom. The van der Waals surface area contributed by atoms with Crippen molar-refractivity contribution in [3.05, 3.63) is 35.2 Å². The summed E-state index contributed by atoms with van der Waals surface area (Å²) in [6, 6.07) is 9.81. The number of nitrogens with zero attached hydrogens (tertiary/aromatic N) is 1. The molecule has 0 bridgehead atoms. The van der Waals surface area contributed by atoms with Crippen LogP contribution in [0.3, 0.4) is 0 Å². The van der Waals surface area contributed by atoms with Gasteiger partial charge in [0.2, 0.25) is 0 Å². The van der Waals surface area contributed by atoms with Gasteiger partial charge in [-0.05, 0) is 17.5 Å². The summed E-state index contributed by atoms with van der Waals surface area (Å²) in [5.41, 5.74) is 0. The lowest BCUT2D eigenvalue weighted by atomic mass is 10.2. The Bertz CT molecular complexity index is 459. The van der Waals surface area contributed by atoms with Crippen LogP contribution in [0, 0.1) is 0 Å². The highest BCUT2D eigenvalue weighted by Gasteiger charge is 2.14. The van der Waals surface area contributed by atoms with Crippen LogP contribution in [0.2, 0.25) is 0 Å². The van der Waals surface area contributed by atoms with Gasteiger partial charge < -0.3 is 0 Å². The molecule has 2 rings (SSSR count). The van der Waals surface area contributed by atoms with Crippen molar-refractivity contribution in [3.8, 4) is 0 Å². The topological polar surface area (TPSA) is 29.5 Å². The van der Waals surface area contributed by atoms with E-state index >= 15 is 0 Å². The molecule has 0 unspecified atom stereocenters. The highest BCUT2D eigenvalue weighted by atomic mass is 32.1. The van der Waals surface area contributed by atoms with Crippen molar-refractivity contribution in [2.24, 2.45) is 0 Å². The molecule has 15 heavy (non-hydrogen) atoms. The van der Waals surface area contributed by atoms with Crippen LogP contribution < -0.4 is 0 Å². The molecule has 2 aromatic rings. The molecular formula is C11H11NO2S. The Morgan fingerprint density at radius 3 is 2.80 bits per heavy atom. The minimum atomic E-state index is -0.112. The zero-order valence-electron chi connectivity index (χ0n) is 8.56. The zero-order valence-corrected chi connectivity index (χ0v) is 9.38. The molecule has 1 aromatic heterocycles. The second kappa shape index (κ2) is 4.00. The summed E-state index contributed by atoms with van der Waals surface area (Å²) in [5, 5.41) is 2.32. The van der Waals surface area contributed by atoms with E-state index in [1.54, 1.807) is 7.05 Å². The van der Waals surface area contributed by atoms with Crippen LogP contribution in [0.15, 0.2) is 30.3 Å². The van der Waals surface area contributed by atoms with Gasteiger partial charge in [-0.25, -0.2) is 5.06 Å². The number of rotatable bonds is 2. The first-order valence-corrected chi connectivity index (χ1v) is 5.35. The molecule has 0 saturated carbocycles. The standard InChI is InChI=1S/C11H11NO2S/c1-12(14-2)11(13)10-7-8-5-3-4-6-9(8)15-10/h3-7H,1-2H3. The first-order chi connectivity index (χ1) is 7.22. The molecule has 0 N–H and O–H groups in total. The summed E-state index contributed by atoms with van der Waals surface area (Å²) in [6.07, 6.45) is 0. The fourth-order valence-electron chi connectivity index (χ4n) is 1.33. The monoisotopic (exact) mass is 221 g/mol. The fraction of sp³-hybridized carbons (Fsp3) is 0.182. The molecule has 0 saturated heterocycles.